The van der Waals surface area contributed by atoms with Crippen LogP contribution in [0.2, 0.25) is 0 Å². The van der Waals surface area contributed by atoms with Gasteiger partial charge in [-0.15, -0.1) is 0 Å². The molecule has 0 fully saturated rings. The zero-order chi connectivity index (χ0) is 22.2. The van der Waals surface area contributed by atoms with Crippen molar-refractivity contribution in [3.8, 4) is 11.5 Å². The topological polar surface area (TPSA) is 77.2 Å². The van der Waals surface area contributed by atoms with Gasteiger partial charge in [0.25, 0.3) is 5.69 Å². The average molecular weight is 429 g/mol. The number of hydrogen-bond donors (Lipinski definition) is 0. The number of hydrazone groups is 1. The van der Waals surface area contributed by atoms with Gasteiger partial charge < -0.3 is 9.47 Å². The van der Waals surface area contributed by atoms with Crippen LogP contribution >= 0.6 is 0 Å². The number of hydrogen-bond acceptors (Lipinski definition) is 6. The maximum absolute atomic E-state index is 11.3. The zero-order valence-electron chi connectivity index (χ0n) is 17.8. The summed E-state index contributed by atoms with van der Waals surface area (Å²) >= 11 is 0. The van der Waals surface area contributed by atoms with Crippen molar-refractivity contribution in [2.45, 2.75) is 38.6 Å². The second kappa shape index (κ2) is 8.00. The molecule has 0 N–H and O–H groups in total. The minimum Gasteiger partial charge on any atom is -0.491 e. The first-order valence-electron chi connectivity index (χ1n) is 10.6. The molecule has 0 aliphatic carbocycles. The van der Waals surface area contributed by atoms with E-state index in [1.807, 2.05) is 67.4 Å². The number of para-hydroxylation sites is 1. The summed E-state index contributed by atoms with van der Waals surface area (Å²) in [5, 5.41) is 18.1. The second-order valence-corrected chi connectivity index (χ2v) is 8.20. The fourth-order valence-electron chi connectivity index (χ4n) is 4.22. The summed E-state index contributed by atoms with van der Waals surface area (Å²) in [7, 11) is 0. The molecule has 7 heteroatoms. The van der Waals surface area contributed by atoms with Gasteiger partial charge in [-0.1, -0.05) is 30.3 Å². The Bertz CT molecular complexity index is 1190. The highest BCUT2D eigenvalue weighted by atomic mass is 16.6. The van der Waals surface area contributed by atoms with Crippen LogP contribution in [-0.2, 0) is 0 Å². The number of non-ortho nitro benzene ring substituents is 1. The van der Waals surface area contributed by atoms with Crippen LogP contribution in [0, 0.1) is 10.1 Å². The molecule has 2 atom stereocenters. The minimum atomic E-state index is -0.546. The van der Waals surface area contributed by atoms with E-state index in [-0.39, 0.29) is 17.8 Å². The number of fused-ring (bicyclic) bond motifs is 3. The third kappa shape index (κ3) is 3.66. The lowest BCUT2D eigenvalue weighted by Gasteiger charge is -2.38. The maximum atomic E-state index is 11.3. The molecule has 7 nitrogen and oxygen atoms in total. The van der Waals surface area contributed by atoms with E-state index >= 15 is 0 Å². The Labute approximate surface area is 186 Å². The van der Waals surface area contributed by atoms with Crippen LogP contribution in [0.4, 0.5) is 5.69 Å². The highest BCUT2D eigenvalue weighted by Gasteiger charge is 2.41. The number of benzene rings is 3. The molecular weight excluding hydrogens is 406 g/mol. The van der Waals surface area contributed by atoms with E-state index in [0.717, 1.165) is 34.8 Å². The van der Waals surface area contributed by atoms with Crippen molar-refractivity contribution >= 4 is 11.4 Å². The molecular formula is C25H23N3O4. The van der Waals surface area contributed by atoms with Crippen molar-refractivity contribution in [2.75, 3.05) is 0 Å². The first kappa shape index (κ1) is 20.1. The van der Waals surface area contributed by atoms with Gasteiger partial charge in [0.1, 0.15) is 11.5 Å². The standard InChI is InChI=1S/C25H23N3O4/c1-16(2)31-20-12-10-17(11-13-20)22-15-23-21-8-3-4-9-24(21)32-25(27(23)26-22)18-6-5-7-19(14-18)28(29)30/h3-14,16,23,25H,15H2,1-2H3/t23-,25-/m1/s1. The Hall–Kier alpha value is -3.87. The van der Waals surface area contributed by atoms with Crippen LogP contribution in [-0.4, -0.2) is 21.7 Å². The highest BCUT2D eigenvalue weighted by Crippen LogP contribution is 2.47. The smallest absolute Gasteiger partial charge is 0.269 e. The molecule has 2 aliphatic heterocycles. The molecule has 0 saturated carbocycles. The molecule has 0 aromatic heterocycles. The van der Waals surface area contributed by atoms with Gasteiger partial charge in [-0.3, -0.25) is 10.1 Å². The maximum Gasteiger partial charge on any atom is 0.269 e. The van der Waals surface area contributed by atoms with E-state index in [1.54, 1.807) is 12.1 Å². The van der Waals surface area contributed by atoms with Gasteiger partial charge in [0, 0.05) is 29.7 Å². The van der Waals surface area contributed by atoms with E-state index in [0.29, 0.717) is 5.56 Å². The summed E-state index contributed by atoms with van der Waals surface area (Å²) in [5.74, 6) is 1.60. The monoisotopic (exact) mass is 429 g/mol. The summed E-state index contributed by atoms with van der Waals surface area (Å²) in [6.07, 6.45) is 0.287. The van der Waals surface area contributed by atoms with E-state index in [9.17, 15) is 10.1 Å². The number of ether oxygens (including phenoxy) is 2. The molecule has 3 aromatic rings. The molecule has 0 radical (unpaired) electrons. The third-order valence-corrected chi connectivity index (χ3v) is 5.62. The minimum absolute atomic E-state index is 0.00852. The highest BCUT2D eigenvalue weighted by molar-refractivity contribution is 6.02. The fourth-order valence-corrected chi connectivity index (χ4v) is 4.22. The van der Waals surface area contributed by atoms with Gasteiger partial charge in [-0.2, -0.15) is 5.10 Å². The Morgan fingerprint density at radius 2 is 1.88 bits per heavy atom. The van der Waals surface area contributed by atoms with Crippen molar-refractivity contribution in [2.24, 2.45) is 5.10 Å². The number of nitro benzene ring substituents is 1. The summed E-state index contributed by atoms with van der Waals surface area (Å²) in [6.45, 7) is 4.00. The summed E-state index contributed by atoms with van der Waals surface area (Å²) in [5.41, 5.74) is 3.76. The Morgan fingerprint density at radius 3 is 2.62 bits per heavy atom. The van der Waals surface area contributed by atoms with Crippen molar-refractivity contribution < 1.29 is 14.4 Å². The van der Waals surface area contributed by atoms with Crippen LogP contribution in [0.1, 0.15) is 49.2 Å². The van der Waals surface area contributed by atoms with E-state index in [2.05, 4.69) is 6.07 Å². The predicted molar refractivity (Wildman–Crippen MR) is 121 cm³/mol. The van der Waals surface area contributed by atoms with Gasteiger partial charge in [0.05, 0.1) is 22.8 Å². The molecule has 32 heavy (non-hydrogen) atoms. The van der Waals surface area contributed by atoms with Crippen molar-refractivity contribution in [1.82, 2.24) is 5.01 Å². The molecule has 162 valence electrons. The SMILES string of the molecule is CC(C)Oc1ccc(C2=NN3[C@H](C2)c2ccccc2O[C@@H]3c2cccc([N+](=O)[O-])c2)cc1. The zero-order valence-corrected chi connectivity index (χ0v) is 17.8. The Balaban J connectivity index is 1.52. The van der Waals surface area contributed by atoms with Gasteiger partial charge >= 0.3 is 0 Å². The van der Waals surface area contributed by atoms with Crippen LogP contribution in [0.15, 0.2) is 77.9 Å². The van der Waals surface area contributed by atoms with Gasteiger partial charge in [-0.25, -0.2) is 5.01 Å². The third-order valence-electron chi connectivity index (χ3n) is 5.62. The van der Waals surface area contributed by atoms with Gasteiger partial charge in [-0.05, 0) is 49.7 Å². The van der Waals surface area contributed by atoms with Crippen LogP contribution < -0.4 is 9.47 Å². The molecule has 0 amide bonds. The number of nitro groups is 1. The second-order valence-electron chi connectivity index (χ2n) is 8.20. The molecule has 0 saturated heterocycles. The summed E-state index contributed by atoms with van der Waals surface area (Å²) < 4.78 is 12.0. The van der Waals surface area contributed by atoms with Crippen molar-refractivity contribution in [3.05, 3.63) is 99.6 Å². The van der Waals surface area contributed by atoms with Gasteiger partial charge in [0.2, 0.25) is 6.23 Å². The largest absolute Gasteiger partial charge is 0.491 e. The lowest BCUT2D eigenvalue weighted by atomic mass is 9.96. The van der Waals surface area contributed by atoms with E-state index in [4.69, 9.17) is 14.6 Å². The van der Waals surface area contributed by atoms with Crippen molar-refractivity contribution in [1.29, 1.82) is 0 Å². The van der Waals surface area contributed by atoms with E-state index < -0.39 is 11.2 Å². The van der Waals surface area contributed by atoms with E-state index in [1.165, 1.54) is 6.07 Å². The average Bonchev–Trinajstić information content (AvgIpc) is 3.24. The molecule has 0 spiro atoms. The van der Waals surface area contributed by atoms with Crippen LogP contribution in [0.5, 0.6) is 11.5 Å². The first-order valence-corrected chi connectivity index (χ1v) is 10.6. The summed E-state index contributed by atoms with van der Waals surface area (Å²) in [4.78, 5) is 10.9. The Morgan fingerprint density at radius 1 is 1.09 bits per heavy atom. The van der Waals surface area contributed by atoms with Crippen LogP contribution in [0.3, 0.4) is 0 Å². The quantitative estimate of drug-likeness (QED) is 0.388. The number of rotatable bonds is 5. The fraction of sp³-hybridized carbons (Fsp3) is 0.240. The Kier molecular flexibility index (Phi) is 5.01. The normalized spacial score (nSPS) is 19.1. The van der Waals surface area contributed by atoms with Gasteiger partial charge in [0.15, 0.2) is 0 Å². The predicted octanol–water partition coefficient (Wildman–Crippen LogP) is 5.62. The molecule has 3 aromatic carbocycles. The number of nitrogens with zero attached hydrogens (tertiary/aromatic N) is 3. The lowest BCUT2D eigenvalue weighted by molar-refractivity contribution is -0.385. The molecule has 2 aliphatic rings. The molecule has 5 rings (SSSR count). The lowest BCUT2D eigenvalue weighted by Crippen LogP contribution is -2.33. The van der Waals surface area contributed by atoms with Crippen LogP contribution in [0.25, 0.3) is 0 Å². The first-order chi connectivity index (χ1) is 15.5. The van der Waals surface area contributed by atoms with Crippen molar-refractivity contribution in [3.63, 3.8) is 0 Å². The summed E-state index contributed by atoms with van der Waals surface area (Å²) in [6, 6.07) is 22.4. The molecule has 2 heterocycles. The molecule has 0 bridgehead atoms. The molecule has 0 unspecified atom stereocenters.